The van der Waals surface area contributed by atoms with Crippen molar-refractivity contribution in [2.75, 3.05) is 16.8 Å². The van der Waals surface area contributed by atoms with Crippen molar-refractivity contribution < 1.29 is 19.6 Å². The highest BCUT2D eigenvalue weighted by Gasteiger charge is 2.12. The van der Waals surface area contributed by atoms with Crippen LogP contribution in [0.4, 0.5) is 11.4 Å². The van der Waals surface area contributed by atoms with Crippen molar-refractivity contribution in [3.05, 3.63) is 33.9 Å². The topological polar surface area (TPSA) is 110 Å². The Kier molecular flexibility index (Phi) is 5.31. The van der Waals surface area contributed by atoms with Crippen LogP contribution in [0.5, 0.6) is 0 Å². The second-order valence-corrected chi connectivity index (χ2v) is 4.68. The molecule has 1 amide bonds. The average Bonchev–Trinajstić information content (AvgIpc) is 2.30. The summed E-state index contributed by atoms with van der Waals surface area (Å²) in [5, 5.41) is 21.6. The number of anilines is 1. The van der Waals surface area contributed by atoms with Gasteiger partial charge in [-0.1, -0.05) is 6.07 Å². The fourth-order valence-electron chi connectivity index (χ4n) is 1.31. The molecule has 7 nitrogen and oxygen atoms in total. The van der Waals surface area contributed by atoms with Crippen LogP contribution in [0.1, 0.15) is 5.56 Å². The first-order valence-electron chi connectivity index (χ1n) is 5.24. The second-order valence-electron chi connectivity index (χ2n) is 3.69. The first kappa shape index (κ1) is 15.0. The number of carboxylic acids is 1. The SMILES string of the molecule is Cc1ccc(NC(=O)CSCC(=O)O)cc1[N+](=O)[O-]. The lowest BCUT2D eigenvalue weighted by Gasteiger charge is -2.05. The molecule has 1 aromatic carbocycles. The minimum absolute atomic E-state index is 0.0199. The Hall–Kier alpha value is -2.09. The lowest BCUT2D eigenvalue weighted by atomic mass is 10.2. The van der Waals surface area contributed by atoms with Gasteiger partial charge in [0, 0.05) is 17.3 Å². The van der Waals surface area contributed by atoms with Gasteiger partial charge in [0.1, 0.15) is 0 Å². The van der Waals surface area contributed by atoms with E-state index in [-0.39, 0.29) is 17.2 Å². The predicted molar refractivity (Wildman–Crippen MR) is 71.4 cm³/mol. The third kappa shape index (κ3) is 4.96. The van der Waals surface area contributed by atoms with Crippen molar-refractivity contribution >= 4 is 35.0 Å². The first-order valence-corrected chi connectivity index (χ1v) is 6.40. The van der Waals surface area contributed by atoms with Crippen LogP contribution in [0.15, 0.2) is 18.2 Å². The number of nitrogens with zero attached hydrogens (tertiary/aromatic N) is 1. The standard InChI is InChI=1S/C11H12N2O5S/c1-7-2-3-8(4-9(7)13(17)18)12-10(14)5-19-6-11(15)16/h2-4H,5-6H2,1H3,(H,12,14)(H,15,16). The van der Waals surface area contributed by atoms with Gasteiger partial charge in [-0.2, -0.15) is 0 Å². The van der Waals surface area contributed by atoms with Gasteiger partial charge in [-0.3, -0.25) is 19.7 Å². The third-order valence-electron chi connectivity index (χ3n) is 2.15. The predicted octanol–water partition coefficient (Wildman–Crippen LogP) is 1.66. The Balaban J connectivity index is 2.62. The van der Waals surface area contributed by atoms with Crippen LogP contribution in [-0.4, -0.2) is 33.4 Å². The summed E-state index contributed by atoms with van der Waals surface area (Å²) < 4.78 is 0. The number of hydrogen-bond donors (Lipinski definition) is 2. The minimum atomic E-state index is -0.997. The third-order valence-corrected chi connectivity index (χ3v) is 3.07. The van der Waals surface area contributed by atoms with E-state index >= 15 is 0 Å². The fraction of sp³-hybridized carbons (Fsp3) is 0.273. The summed E-state index contributed by atoms with van der Waals surface area (Å²) in [5.41, 5.74) is 0.748. The van der Waals surface area contributed by atoms with Gasteiger partial charge in [0.25, 0.3) is 5.69 Å². The Morgan fingerprint density at radius 2 is 2.11 bits per heavy atom. The highest BCUT2D eigenvalue weighted by atomic mass is 32.2. The molecule has 0 aromatic heterocycles. The highest BCUT2D eigenvalue weighted by Crippen LogP contribution is 2.22. The van der Waals surface area contributed by atoms with Gasteiger partial charge in [0.2, 0.25) is 5.91 Å². The van der Waals surface area contributed by atoms with E-state index in [0.717, 1.165) is 11.8 Å². The molecule has 0 aliphatic carbocycles. The summed E-state index contributed by atoms with van der Waals surface area (Å²) in [6.07, 6.45) is 0. The number of nitro groups is 1. The Bertz CT molecular complexity index is 518. The molecule has 1 rings (SSSR count). The molecule has 0 atom stereocenters. The van der Waals surface area contributed by atoms with Crippen LogP contribution in [-0.2, 0) is 9.59 Å². The molecule has 0 saturated heterocycles. The molecule has 0 bridgehead atoms. The first-order chi connectivity index (χ1) is 8.90. The number of thioether (sulfide) groups is 1. The molecule has 0 aliphatic rings. The number of carbonyl (C=O) groups excluding carboxylic acids is 1. The number of carboxylic acid groups (broad SMARTS) is 1. The molecule has 1 aromatic rings. The molecule has 0 saturated carbocycles. The number of aryl methyl sites for hydroxylation is 1. The number of nitro benzene ring substituents is 1. The van der Waals surface area contributed by atoms with Crippen LogP contribution in [0.3, 0.4) is 0 Å². The van der Waals surface area contributed by atoms with E-state index in [9.17, 15) is 19.7 Å². The zero-order chi connectivity index (χ0) is 14.4. The lowest BCUT2D eigenvalue weighted by molar-refractivity contribution is -0.385. The summed E-state index contributed by atoms with van der Waals surface area (Å²) in [7, 11) is 0. The molecule has 0 spiro atoms. The summed E-state index contributed by atoms with van der Waals surface area (Å²) in [6.45, 7) is 1.60. The molecular weight excluding hydrogens is 272 g/mol. The number of carbonyl (C=O) groups is 2. The van der Waals surface area contributed by atoms with Crippen LogP contribution in [0.25, 0.3) is 0 Å². The van der Waals surface area contributed by atoms with Crippen molar-refractivity contribution in [3.8, 4) is 0 Å². The van der Waals surface area contributed by atoms with Crippen LogP contribution in [0.2, 0.25) is 0 Å². The van der Waals surface area contributed by atoms with Crippen molar-refractivity contribution in [1.82, 2.24) is 0 Å². The van der Waals surface area contributed by atoms with E-state index in [4.69, 9.17) is 5.11 Å². The van der Waals surface area contributed by atoms with Gasteiger partial charge >= 0.3 is 5.97 Å². The molecule has 0 unspecified atom stereocenters. The van der Waals surface area contributed by atoms with Gasteiger partial charge in [-0.05, 0) is 13.0 Å². The highest BCUT2D eigenvalue weighted by molar-refractivity contribution is 8.00. The number of aliphatic carboxylic acids is 1. The smallest absolute Gasteiger partial charge is 0.313 e. The van der Waals surface area contributed by atoms with Crippen LogP contribution < -0.4 is 5.32 Å². The van der Waals surface area contributed by atoms with E-state index in [0.29, 0.717) is 11.3 Å². The average molecular weight is 284 g/mol. The monoisotopic (exact) mass is 284 g/mol. The largest absolute Gasteiger partial charge is 0.481 e. The molecule has 8 heteroatoms. The molecule has 19 heavy (non-hydrogen) atoms. The van der Waals surface area contributed by atoms with Crippen molar-refractivity contribution in [2.24, 2.45) is 0 Å². The lowest BCUT2D eigenvalue weighted by Crippen LogP contribution is -2.15. The van der Waals surface area contributed by atoms with Gasteiger partial charge in [-0.25, -0.2) is 0 Å². The Morgan fingerprint density at radius 1 is 1.42 bits per heavy atom. The number of hydrogen-bond acceptors (Lipinski definition) is 5. The Morgan fingerprint density at radius 3 is 2.68 bits per heavy atom. The van der Waals surface area contributed by atoms with Crippen LogP contribution >= 0.6 is 11.8 Å². The summed E-state index contributed by atoms with van der Waals surface area (Å²) >= 11 is 0.957. The molecular formula is C11H12N2O5S. The van der Waals surface area contributed by atoms with E-state index in [1.165, 1.54) is 12.1 Å². The Labute approximate surface area is 113 Å². The molecule has 102 valence electrons. The fourth-order valence-corrected chi connectivity index (χ4v) is 1.85. The van der Waals surface area contributed by atoms with E-state index in [1.807, 2.05) is 0 Å². The maximum Gasteiger partial charge on any atom is 0.313 e. The number of benzene rings is 1. The maximum atomic E-state index is 11.5. The summed E-state index contributed by atoms with van der Waals surface area (Å²) in [5.74, 6) is -1.58. The minimum Gasteiger partial charge on any atom is -0.481 e. The van der Waals surface area contributed by atoms with Crippen LogP contribution in [0, 0.1) is 17.0 Å². The number of nitrogens with one attached hydrogen (secondary N) is 1. The molecule has 0 aliphatic heterocycles. The van der Waals surface area contributed by atoms with Gasteiger partial charge in [-0.15, -0.1) is 11.8 Å². The zero-order valence-corrected chi connectivity index (χ0v) is 10.9. The zero-order valence-electron chi connectivity index (χ0n) is 10.1. The second kappa shape index (κ2) is 6.74. The number of amides is 1. The van der Waals surface area contributed by atoms with E-state index in [1.54, 1.807) is 13.0 Å². The maximum absolute atomic E-state index is 11.5. The van der Waals surface area contributed by atoms with Crippen molar-refractivity contribution in [3.63, 3.8) is 0 Å². The molecule has 0 fully saturated rings. The van der Waals surface area contributed by atoms with E-state index < -0.39 is 16.8 Å². The molecule has 0 radical (unpaired) electrons. The quantitative estimate of drug-likeness (QED) is 0.607. The van der Waals surface area contributed by atoms with Gasteiger partial charge < -0.3 is 10.4 Å². The summed E-state index contributed by atoms with van der Waals surface area (Å²) in [4.78, 5) is 31.9. The van der Waals surface area contributed by atoms with Gasteiger partial charge in [0.15, 0.2) is 0 Å². The van der Waals surface area contributed by atoms with E-state index in [2.05, 4.69) is 5.32 Å². The van der Waals surface area contributed by atoms with Crippen molar-refractivity contribution in [1.29, 1.82) is 0 Å². The molecule has 2 N–H and O–H groups in total. The van der Waals surface area contributed by atoms with Gasteiger partial charge in [0.05, 0.1) is 16.4 Å². The van der Waals surface area contributed by atoms with Crippen molar-refractivity contribution in [2.45, 2.75) is 6.92 Å². The normalized spacial score (nSPS) is 9.95. The molecule has 0 heterocycles. The number of rotatable bonds is 6. The summed E-state index contributed by atoms with van der Waals surface area (Å²) in [6, 6.07) is 4.37.